The predicted molar refractivity (Wildman–Crippen MR) is 80.6 cm³/mol. The second-order valence-electron chi connectivity index (χ2n) is 4.94. The fourth-order valence-electron chi connectivity index (χ4n) is 2.21. The van der Waals surface area contributed by atoms with Gasteiger partial charge in [0.1, 0.15) is 0 Å². The van der Waals surface area contributed by atoms with Crippen LogP contribution in [0.3, 0.4) is 0 Å². The molecule has 1 amide bonds. The summed E-state index contributed by atoms with van der Waals surface area (Å²) in [7, 11) is 0. The molecule has 0 spiro atoms. The molecular formula is C12H27Cl2N3O. The van der Waals surface area contributed by atoms with E-state index in [1.807, 2.05) is 0 Å². The molecular weight excluding hydrogens is 273 g/mol. The Bertz CT molecular complexity index is 227. The van der Waals surface area contributed by atoms with Crippen molar-refractivity contribution in [3.05, 3.63) is 0 Å². The molecule has 1 saturated heterocycles. The van der Waals surface area contributed by atoms with Gasteiger partial charge in [0.15, 0.2) is 0 Å². The van der Waals surface area contributed by atoms with Crippen LogP contribution in [0.15, 0.2) is 0 Å². The van der Waals surface area contributed by atoms with E-state index in [0.717, 1.165) is 13.1 Å². The normalized spacial score (nSPS) is 19.9. The van der Waals surface area contributed by atoms with E-state index in [1.54, 1.807) is 0 Å². The molecule has 1 atom stereocenters. The molecule has 1 aliphatic rings. The van der Waals surface area contributed by atoms with E-state index in [4.69, 9.17) is 5.73 Å². The molecule has 110 valence electrons. The number of carbonyl (C=O) groups excluding carboxylic acids is 1. The highest BCUT2D eigenvalue weighted by Gasteiger charge is 2.21. The van der Waals surface area contributed by atoms with Crippen molar-refractivity contribution in [1.29, 1.82) is 0 Å². The van der Waals surface area contributed by atoms with Crippen LogP contribution in [0.4, 0.5) is 0 Å². The van der Waals surface area contributed by atoms with Crippen LogP contribution in [0.1, 0.15) is 33.1 Å². The molecule has 18 heavy (non-hydrogen) atoms. The molecule has 6 heteroatoms. The first-order chi connectivity index (χ1) is 7.63. The summed E-state index contributed by atoms with van der Waals surface area (Å²) in [4.78, 5) is 13.8. The second-order valence-corrected chi connectivity index (χ2v) is 4.94. The van der Waals surface area contributed by atoms with E-state index in [2.05, 4.69) is 24.1 Å². The molecule has 1 fully saturated rings. The lowest BCUT2D eigenvalue weighted by Gasteiger charge is -2.35. The Labute approximate surface area is 123 Å². The van der Waals surface area contributed by atoms with E-state index in [-0.39, 0.29) is 30.7 Å². The van der Waals surface area contributed by atoms with Crippen LogP contribution in [0, 0.1) is 5.92 Å². The lowest BCUT2D eigenvalue weighted by atomic mass is 9.97. The number of nitrogens with one attached hydrogen (secondary N) is 1. The maximum Gasteiger partial charge on any atom is 0.221 e. The zero-order valence-electron chi connectivity index (χ0n) is 11.4. The SMILES string of the molecule is CC(C)N1CCCC(CNC(=O)CCN)C1.Cl.Cl. The molecule has 0 saturated carbocycles. The second kappa shape index (κ2) is 10.9. The molecule has 4 nitrogen and oxygen atoms in total. The predicted octanol–water partition coefficient (Wildman–Crippen LogP) is 1.42. The summed E-state index contributed by atoms with van der Waals surface area (Å²) in [6, 6.07) is 0.613. The summed E-state index contributed by atoms with van der Waals surface area (Å²) in [5.74, 6) is 0.696. The Kier molecular flexibility index (Phi) is 12.2. The monoisotopic (exact) mass is 299 g/mol. The third-order valence-electron chi connectivity index (χ3n) is 3.24. The molecule has 0 bridgehead atoms. The van der Waals surface area contributed by atoms with Gasteiger partial charge >= 0.3 is 0 Å². The highest BCUT2D eigenvalue weighted by Crippen LogP contribution is 2.17. The highest BCUT2D eigenvalue weighted by molar-refractivity contribution is 5.85. The Morgan fingerprint density at radius 3 is 2.67 bits per heavy atom. The molecule has 0 radical (unpaired) electrons. The van der Waals surface area contributed by atoms with E-state index >= 15 is 0 Å². The van der Waals surface area contributed by atoms with E-state index in [9.17, 15) is 4.79 Å². The Balaban J connectivity index is 0. The van der Waals surface area contributed by atoms with E-state index in [0.29, 0.717) is 24.9 Å². The van der Waals surface area contributed by atoms with Gasteiger partial charge in [0, 0.05) is 32.1 Å². The number of rotatable bonds is 5. The molecule has 1 rings (SSSR count). The number of halogens is 2. The minimum atomic E-state index is 0. The van der Waals surface area contributed by atoms with E-state index in [1.165, 1.54) is 19.4 Å². The lowest BCUT2D eigenvalue weighted by molar-refractivity contribution is -0.121. The molecule has 1 heterocycles. The minimum Gasteiger partial charge on any atom is -0.356 e. The lowest BCUT2D eigenvalue weighted by Crippen LogP contribution is -2.43. The third-order valence-corrected chi connectivity index (χ3v) is 3.24. The van der Waals surface area contributed by atoms with Crippen molar-refractivity contribution < 1.29 is 4.79 Å². The maximum atomic E-state index is 11.3. The maximum absolute atomic E-state index is 11.3. The topological polar surface area (TPSA) is 58.4 Å². The number of piperidine rings is 1. The summed E-state index contributed by atoms with van der Waals surface area (Å²) >= 11 is 0. The fourth-order valence-corrected chi connectivity index (χ4v) is 2.21. The van der Waals surface area contributed by atoms with Gasteiger partial charge in [-0.2, -0.15) is 0 Å². The van der Waals surface area contributed by atoms with Crippen molar-refractivity contribution in [2.24, 2.45) is 11.7 Å². The van der Waals surface area contributed by atoms with Gasteiger partial charge in [-0.1, -0.05) is 0 Å². The van der Waals surface area contributed by atoms with Crippen molar-refractivity contribution in [3.63, 3.8) is 0 Å². The van der Waals surface area contributed by atoms with Crippen LogP contribution in [0.5, 0.6) is 0 Å². The van der Waals surface area contributed by atoms with E-state index < -0.39 is 0 Å². The number of likely N-dealkylation sites (tertiary alicyclic amines) is 1. The van der Waals surface area contributed by atoms with Gasteiger partial charge in [0.25, 0.3) is 0 Å². The van der Waals surface area contributed by atoms with Crippen LogP contribution in [0.25, 0.3) is 0 Å². The van der Waals surface area contributed by atoms with Crippen molar-refractivity contribution in [2.75, 3.05) is 26.2 Å². The van der Waals surface area contributed by atoms with Crippen LogP contribution >= 0.6 is 24.8 Å². The van der Waals surface area contributed by atoms with Gasteiger partial charge in [-0.15, -0.1) is 24.8 Å². The van der Waals surface area contributed by atoms with Crippen molar-refractivity contribution in [3.8, 4) is 0 Å². The summed E-state index contributed by atoms with van der Waals surface area (Å²) < 4.78 is 0. The van der Waals surface area contributed by atoms with Gasteiger partial charge in [-0.25, -0.2) is 0 Å². The molecule has 1 aliphatic heterocycles. The summed E-state index contributed by atoms with van der Waals surface area (Å²) in [6.45, 7) is 8.02. The molecule has 0 aromatic rings. The van der Waals surface area contributed by atoms with Gasteiger partial charge in [-0.3, -0.25) is 4.79 Å². The van der Waals surface area contributed by atoms with Crippen LogP contribution in [0.2, 0.25) is 0 Å². The zero-order chi connectivity index (χ0) is 12.0. The number of hydrogen-bond acceptors (Lipinski definition) is 3. The first kappa shape index (κ1) is 20.3. The summed E-state index contributed by atoms with van der Waals surface area (Å²) in [6.07, 6.45) is 2.92. The van der Waals surface area contributed by atoms with Crippen LogP contribution in [-0.4, -0.2) is 43.0 Å². The van der Waals surface area contributed by atoms with Gasteiger partial charge in [0.05, 0.1) is 0 Å². The van der Waals surface area contributed by atoms with Crippen molar-refractivity contribution in [2.45, 2.75) is 39.2 Å². The summed E-state index contributed by atoms with van der Waals surface area (Å²) in [5.41, 5.74) is 5.33. The fraction of sp³-hybridized carbons (Fsp3) is 0.917. The number of hydrogen-bond donors (Lipinski definition) is 2. The standard InChI is InChI=1S/C12H25N3O.2ClH/c1-10(2)15-7-3-4-11(9-15)8-14-12(16)5-6-13;;/h10-11H,3-9,13H2,1-2H3,(H,14,16);2*1H. The number of nitrogens with two attached hydrogens (primary N) is 1. The van der Waals surface area contributed by atoms with Gasteiger partial charge in [-0.05, 0) is 39.2 Å². The van der Waals surface area contributed by atoms with Crippen molar-refractivity contribution >= 4 is 30.7 Å². The molecule has 0 aromatic carbocycles. The molecule has 0 aliphatic carbocycles. The Morgan fingerprint density at radius 2 is 2.11 bits per heavy atom. The largest absolute Gasteiger partial charge is 0.356 e. The quantitative estimate of drug-likeness (QED) is 0.807. The first-order valence-electron chi connectivity index (χ1n) is 6.34. The molecule has 1 unspecified atom stereocenters. The third kappa shape index (κ3) is 7.41. The van der Waals surface area contributed by atoms with Crippen molar-refractivity contribution in [1.82, 2.24) is 10.2 Å². The van der Waals surface area contributed by atoms with Crippen LogP contribution < -0.4 is 11.1 Å². The highest BCUT2D eigenvalue weighted by atomic mass is 35.5. The number of carbonyl (C=O) groups is 1. The Hall–Kier alpha value is -0.0300. The molecule has 0 aromatic heterocycles. The van der Waals surface area contributed by atoms with Gasteiger partial charge in [0.2, 0.25) is 5.91 Å². The smallest absolute Gasteiger partial charge is 0.221 e. The van der Waals surface area contributed by atoms with Crippen LogP contribution in [-0.2, 0) is 4.79 Å². The zero-order valence-corrected chi connectivity index (χ0v) is 13.0. The Morgan fingerprint density at radius 1 is 1.44 bits per heavy atom. The number of amides is 1. The average Bonchev–Trinajstić information content (AvgIpc) is 2.27. The molecule has 3 N–H and O–H groups in total. The number of nitrogens with zero attached hydrogens (tertiary/aromatic N) is 1. The van der Waals surface area contributed by atoms with Gasteiger partial charge < -0.3 is 16.0 Å². The minimum absolute atomic E-state index is 0. The first-order valence-corrected chi connectivity index (χ1v) is 6.34. The summed E-state index contributed by atoms with van der Waals surface area (Å²) in [5, 5.41) is 2.97. The average molecular weight is 300 g/mol.